The summed E-state index contributed by atoms with van der Waals surface area (Å²) in [4.78, 5) is 8.53. The predicted molar refractivity (Wildman–Crippen MR) is 109 cm³/mol. The molecule has 0 aliphatic carbocycles. The Bertz CT molecular complexity index is 1250. The van der Waals surface area contributed by atoms with E-state index in [-0.39, 0.29) is 11.8 Å². The fourth-order valence-corrected chi connectivity index (χ4v) is 3.27. The first-order chi connectivity index (χ1) is 15.4. The van der Waals surface area contributed by atoms with Crippen LogP contribution in [0.3, 0.4) is 0 Å². The van der Waals surface area contributed by atoms with E-state index in [0.29, 0.717) is 12.2 Å². The molecule has 0 aliphatic rings. The molecular formula is C23H16F5N3O. The number of hydrogen-bond donors (Lipinski definition) is 1. The molecule has 0 fully saturated rings. The van der Waals surface area contributed by atoms with Gasteiger partial charge in [0.1, 0.15) is 17.9 Å². The van der Waals surface area contributed by atoms with Crippen molar-refractivity contribution in [3.05, 3.63) is 89.5 Å². The van der Waals surface area contributed by atoms with Crippen LogP contribution in [0.15, 0.2) is 54.9 Å². The van der Waals surface area contributed by atoms with Crippen LogP contribution < -0.4 is 10.1 Å². The Kier molecular flexibility index (Phi) is 5.89. The number of ether oxygens (including phenoxy) is 1. The highest BCUT2D eigenvalue weighted by atomic mass is 19.2. The van der Waals surface area contributed by atoms with Crippen LogP contribution in [0.1, 0.15) is 24.9 Å². The van der Waals surface area contributed by atoms with Gasteiger partial charge in [0.15, 0.2) is 0 Å². The van der Waals surface area contributed by atoms with Crippen molar-refractivity contribution in [1.29, 1.82) is 0 Å². The largest absolute Gasteiger partial charge is 0.451 e. The average molecular weight is 445 g/mol. The summed E-state index contributed by atoms with van der Waals surface area (Å²) in [6.45, 7) is 1.96. The molecule has 3 aromatic carbocycles. The maximum absolute atomic E-state index is 13.9. The van der Waals surface area contributed by atoms with Crippen LogP contribution in [0.25, 0.3) is 10.9 Å². The molecule has 4 rings (SSSR count). The molecule has 1 N–H and O–H groups in total. The molecule has 164 valence electrons. The van der Waals surface area contributed by atoms with Crippen molar-refractivity contribution in [3.63, 3.8) is 0 Å². The van der Waals surface area contributed by atoms with E-state index in [1.807, 2.05) is 31.2 Å². The fourth-order valence-electron chi connectivity index (χ4n) is 3.27. The standard InChI is InChI=1S/C23H16F5N3O/c1-2-15(31-23-14-5-3-4-6-16(14)29-11-30-23)12-7-9-13(10-8-12)32-22-20(27)18(25)17(24)19(26)21(22)28/h3-11,15H,2H2,1H3,(H,29,30,31). The molecule has 32 heavy (non-hydrogen) atoms. The number of benzene rings is 3. The van der Waals surface area contributed by atoms with Gasteiger partial charge in [0.05, 0.1) is 11.6 Å². The lowest BCUT2D eigenvalue weighted by Gasteiger charge is -2.19. The van der Waals surface area contributed by atoms with Crippen LogP contribution >= 0.6 is 0 Å². The molecule has 0 saturated carbocycles. The van der Waals surface area contributed by atoms with Crippen molar-refractivity contribution >= 4 is 16.7 Å². The maximum atomic E-state index is 13.9. The molecule has 1 heterocycles. The lowest BCUT2D eigenvalue weighted by Crippen LogP contribution is -2.11. The van der Waals surface area contributed by atoms with Crippen LogP contribution in [0, 0.1) is 29.1 Å². The maximum Gasteiger partial charge on any atom is 0.207 e. The Morgan fingerprint density at radius 1 is 0.812 bits per heavy atom. The van der Waals surface area contributed by atoms with Crippen molar-refractivity contribution < 1.29 is 26.7 Å². The van der Waals surface area contributed by atoms with E-state index in [4.69, 9.17) is 4.74 Å². The Morgan fingerprint density at radius 3 is 2.09 bits per heavy atom. The lowest BCUT2D eigenvalue weighted by molar-refractivity contribution is 0.332. The predicted octanol–water partition coefficient (Wildman–Crippen LogP) is 6.68. The molecule has 0 amide bonds. The van der Waals surface area contributed by atoms with Crippen molar-refractivity contribution in [2.24, 2.45) is 0 Å². The summed E-state index contributed by atoms with van der Waals surface area (Å²) >= 11 is 0. The number of nitrogens with one attached hydrogen (secondary N) is 1. The second-order valence-corrected chi connectivity index (χ2v) is 6.91. The SMILES string of the molecule is CCC(Nc1ncnc2ccccc12)c1ccc(Oc2c(F)c(F)c(F)c(F)c2F)cc1. The Labute approximate surface area is 179 Å². The summed E-state index contributed by atoms with van der Waals surface area (Å²) in [6, 6.07) is 13.4. The molecule has 1 unspecified atom stereocenters. The fraction of sp³-hybridized carbons (Fsp3) is 0.130. The minimum absolute atomic E-state index is 0.0840. The number of nitrogens with zero attached hydrogens (tertiary/aromatic N) is 2. The van der Waals surface area contributed by atoms with Crippen LogP contribution in [-0.4, -0.2) is 9.97 Å². The Balaban J connectivity index is 1.58. The summed E-state index contributed by atoms with van der Waals surface area (Å²) < 4.78 is 72.6. The van der Waals surface area contributed by atoms with Gasteiger partial charge < -0.3 is 10.1 Å². The second kappa shape index (κ2) is 8.78. The molecule has 4 nitrogen and oxygen atoms in total. The van der Waals surface area contributed by atoms with E-state index in [2.05, 4.69) is 15.3 Å². The van der Waals surface area contributed by atoms with Crippen LogP contribution in [0.4, 0.5) is 27.8 Å². The second-order valence-electron chi connectivity index (χ2n) is 6.91. The van der Waals surface area contributed by atoms with Gasteiger partial charge in [-0.05, 0) is 36.2 Å². The van der Waals surface area contributed by atoms with Gasteiger partial charge in [0.25, 0.3) is 0 Å². The first kappa shape index (κ1) is 21.5. The average Bonchev–Trinajstić information content (AvgIpc) is 2.83. The molecule has 0 bridgehead atoms. The van der Waals surface area contributed by atoms with E-state index in [1.165, 1.54) is 18.5 Å². The number of aromatic nitrogens is 2. The topological polar surface area (TPSA) is 47.0 Å². The number of anilines is 1. The van der Waals surface area contributed by atoms with Crippen LogP contribution in [-0.2, 0) is 0 Å². The van der Waals surface area contributed by atoms with E-state index >= 15 is 0 Å². The first-order valence-electron chi connectivity index (χ1n) is 9.66. The Hall–Kier alpha value is -3.75. The first-order valence-corrected chi connectivity index (χ1v) is 9.66. The van der Waals surface area contributed by atoms with Crippen LogP contribution in [0.2, 0.25) is 0 Å². The van der Waals surface area contributed by atoms with Gasteiger partial charge in [0, 0.05) is 5.39 Å². The summed E-state index contributed by atoms with van der Waals surface area (Å²) in [5.41, 5.74) is 1.59. The zero-order chi connectivity index (χ0) is 22.8. The molecule has 1 aromatic heterocycles. The minimum Gasteiger partial charge on any atom is -0.451 e. The summed E-state index contributed by atoms with van der Waals surface area (Å²) in [6.07, 6.45) is 2.13. The number of halogens is 5. The molecule has 4 aromatic rings. The minimum atomic E-state index is -2.24. The van der Waals surface area contributed by atoms with Gasteiger partial charge in [-0.15, -0.1) is 0 Å². The highest BCUT2D eigenvalue weighted by Crippen LogP contribution is 2.34. The van der Waals surface area contributed by atoms with Gasteiger partial charge in [-0.2, -0.15) is 8.78 Å². The van der Waals surface area contributed by atoms with E-state index in [9.17, 15) is 22.0 Å². The number of fused-ring (bicyclic) bond motifs is 1. The van der Waals surface area contributed by atoms with Crippen molar-refractivity contribution in [2.75, 3.05) is 5.32 Å². The summed E-state index contributed by atoms with van der Waals surface area (Å²) in [5, 5.41) is 4.19. The zero-order valence-electron chi connectivity index (χ0n) is 16.7. The number of rotatable bonds is 6. The van der Waals surface area contributed by atoms with Gasteiger partial charge in [0.2, 0.25) is 34.8 Å². The molecular weight excluding hydrogens is 429 g/mol. The van der Waals surface area contributed by atoms with Crippen molar-refractivity contribution in [1.82, 2.24) is 9.97 Å². The normalized spacial score (nSPS) is 12.1. The summed E-state index contributed by atoms with van der Waals surface area (Å²) in [7, 11) is 0. The third kappa shape index (κ3) is 3.93. The molecule has 9 heteroatoms. The van der Waals surface area contributed by atoms with Crippen molar-refractivity contribution in [2.45, 2.75) is 19.4 Å². The van der Waals surface area contributed by atoms with Gasteiger partial charge in [-0.1, -0.05) is 31.2 Å². The monoisotopic (exact) mass is 445 g/mol. The highest BCUT2D eigenvalue weighted by molar-refractivity contribution is 5.88. The molecule has 0 spiro atoms. The highest BCUT2D eigenvalue weighted by Gasteiger charge is 2.27. The lowest BCUT2D eigenvalue weighted by atomic mass is 10.0. The quantitative estimate of drug-likeness (QED) is 0.204. The molecule has 1 atom stereocenters. The van der Waals surface area contributed by atoms with E-state index in [1.54, 1.807) is 12.1 Å². The van der Waals surface area contributed by atoms with Crippen LogP contribution in [0.5, 0.6) is 11.5 Å². The molecule has 0 radical (unpaired) electrons. The third-order valence-electron chi connectivity index (χ3n) is 4.93. The number of hydrogen-bond acceptors (Lipinski definition) is 4. The Morgan fingerprint density at radius 2 is 1.44 bits per heavy atom. The summed E-state index contributed by atoms with van der Waals surface area (Å²) in [5.74, 6) is -11.2. The zero-order valence-corrected chi connectivity index (χ0v) is 16.7. The molecule has 0 saturated heterocycles. The van der Waals surface area contributed by atoms with E-state index in [0.717, 1.165) is 16.5 Å². The van der Waals surface area contributed by atoms with E-state index < -0.39 is 34.8 Å². The smallest absolute Gasteiger partial charge is 0.207 e. The van der Waals surface area contributed by atoms with Gasteiger partial charge in [-0.3, -0.25) is 0 Å². The van der Waals surface area contributed by atoms with Gasteiger partial charge in [-0.25, -0.2) is 23.1 Å². The third-order valence-corrected chi connectivity index (χ3v) is 4.93. The molecule has 0 aliphatic heterocycles. The van der Waals surface area contributed by atoms with Crippen molar-refractivity contribution in [3.8, 4) is 11.5 Å². The number of para-hydroxylation sites is 1. The van der Waals surface area contributed by atoms with Gasteiger partial charge >= 0.3 is 0 Å².